The average Bonchev–Trinajstić information content (AvgIpc) is 2.88. The molecule has 0 spiro atoms. The molecule has 0 saturated carbocycles. The third-order valence-corrected chi connectivity index (χ3v) is 4.29. The van der Waals surface area contributed by atoms with Gasteiger partial charge in [0.15, 0.2) is 11.7 Å². The first-order valence-electron chi connectivity index (χ1n) is 7.41. The number of amidine groups is 2. The minimum Gasteiger partial charge on any atom is -0.478 e. The van der Waals surface area contributed by atoms with E-state index in [9.17, 15) is 28.2 Å². The second-order valence-electron chi connectivity index (χ2n) is 5.28. The number of anilines is 2. The lowest BCUT2D eigenvalue weighted by molar-refractivity contribution is 0.0687. The van der Waals surface area contributed by atoms with Crippen LogP contribution >= 0.6 is 0 Å². The van der Waals surface area contributed by atoms with Crippen LogP contribution in [0.2, 0.25) is 0 Å². The zero-order valence-corrected chi connectivity index (χ0v) is 14.3. The van der Waals surface area contributed by atoms with Crippen molar-refractivity contribution in [3.05, 3.63) is 59.7 Å². The summed E-state index contributed by atoms with van der Waals surface area (Å²) in [7, 11) is -4.19. The summed E-state index contributed by atoms with van der Waals surface area (Å²) in [6.07, 6.45) is 0. The van der Waals surface area contributed by atoms with Crippen molar-refractivity contribution in [3.63, 3.8) is 0 Å². The van der Waals surface area contributed by atoms with E-state index in [4.69, 9.17) is 0 Å². The van der Waals surface area contributed by atoms with Crippen LogP contribution < -0.4 is 10.6 Å². The minimum absolute atomic E-state index is 0.0990. The number of benzene rings is 2. The Bertz CT molecular complexity index is 1030. The van der Waals surface area contributed by atoms with E-state index in [1.165, 1.54) is 36.4 Å². The molecule has 3 rings (SSSR count). The molecule has 1 heterocycles. The van der Waals surface area contributed by atoms with Crippen molar-refractivity contribution in [1.82, 2.24) is 0 Å². The molecule has 0 bridgehead atoms. The van der Waals surface area contributed by atoms with Crippen LogP contribution in [-0.4, -0.2) is 42.2 Å². The van der Waals surface area contributed by atoms with Gasteiger partial charge >= 0.3 is 22.1 Å². The van der Waals surface area contributed by atoms with Crippen LogP contribution in [0, 0.1) is 0 Å². The van der Waals surface area contributed by atoms with Crippen LogP contribution in [0.4, 0.5) is 11.4 Å². The highest BCUT2D eigenvalue weighted by molar-refractivity contribution is 7.89. The van der Waals surface area contributed by atoms with E-state index in [0.717, 1.165) is 0 Å². The molecule has 1 aliphatic rings. The molecule has 10 nitrogen and oxygen atoms in total. The Labute approximate surface area is 153 Å². The van der Waals surface area contributed by atoms with E-state index in [1.54, 1.807) is 12.1 Å². The van der Waals surface area contributed by atoms with Crippen molar-refractivity contribution in [1.29, 1.82) is 0 Å². The zero-order chi connectivity index (χ0) is 19.6. The summed E-state index contributed by atoms with van der Waals surface area (Å²) >= 11 is 0. The van der Waals surface area contributed by atoms with Crippen molar-refractivity contribution in [2.24, 2.45) is 8.80 Å². The number of carbonyl (C=O) groups is 2. The van der Waals surface area contributed by atoms with Crippen LogP contribution in [0.15, 0.2) is 57.3 Å². The van der Waals surface area contributed by atoms with Gasteiger partial charge in [0.1, 0.15) is 0 Å². The van der Waals surface area contributed by atoms with E-state index in [-0.39, 0.29) is 34.2 Å². The Kier molecular flexibility index (Phi) is 4.60. The molecule has 0 radical (unpaired) electrons. The van der Waals surface area contributed by atoms with Gasteiger partial charge in [0.2, 0.25) is 0 Å². The van der Waals surface area contributed by atoms with Gasteiger partial charge in [-0.2, -0.15) is 8.42 Å². The molecule has 4 N–H and O–H groups in total. The molecule has 0 saturated heterocycles. The van der Waals surface area contributed by atoms with Gasteiger partial charge in [-0.1, -0.05) is 24.3 Å². The molecule has 11 heteroatoms. The summed E-state index contributed by atoms with van der Waals surface area (Å²) < 4.78 is 30.4. The summed E-state index contributed by atoms with van der Waals surface area (Å²) in [5, 5.41) is 23.7. The molecule has 138 valence electrons. The molecule has 27 heavy (non-hydrogen) atoms. The lowest BCUT2D eigenvalue weighted by atomic mass is 10.1. The fraction of sp³-hybridized carbons (Fsp3) is 0. The van der Waals surface area contributed by atoms with E-state index in [2.05, 4.69) is 19.4 Å². The third-order valence-electron chi connectivity index (χ3n) is 3.46. The molecule has 0 unspecified atom stereocenters. The highest BCUT2D eigenvalue weighted by Gasteiger charge is 2.26. The lowest BCUT2D eigenvalue weighted by Gasteiger charge is -2.12. The van der Waals surface area contributed by atoms with E-state index >= 15 is 0 Å². The molecule has 2 aromatic carbocycles. The first kappa shape index (κ1) is 18.1. The van der Waals surface area contributed by atoms with Crippen molar-refractivity contribution in [2.45, 2.75) is 0 Å². The van der Waals surface area contributed by atoms with Crippen LogP contribution in [-0.2, 0) is 10.2 Å². The third kappa shape index (κ3) is 3.93. The molecule has 1 aliphatic heterocycles. The lowest BCUT2D eigenvalue weighted by Crippen LogP contribution is -2.28. The first-order chi connectivity index (χ1) is 12.8. The Balaban J connectivity index is 1.96. The van der Waals surface area contributed by atoms with Gasteiger partial charge in [-0.25, -0.2) is 9.59 Å². The largest absolute Gasteiger partial charge is 0.478 e. The molecular formula is C16H12N4O6S. The normalized spacial score (nSPS) is 14.8. The van der Waals surface area contributed by atoms with Crippen LogP contribution in [0.3, 0.4) is 0 Å². The number of hydrogen-bond acceptors (Lipinski definition) is 6. The molecule has 0 atom stereocenters. The second kappa shape index (κ2) is 6.88. The van der Waals surface area contributed by atoms with Crippen molar-refractivity contribution in [3.8, 4) is 0 Å². The summed E-state index contributed by atoms with van der Waals surface area (Å²) in [5.41, 5.74) is -0.00620. The maximum absolute atomic E-state index is 11.8. The Morgan fingerprint density at radius 3 is 1.48 bits per heavy atom. The molecule has 2 aromatic rings. The summed E-state index contributed by atoms with van der Waals surface area (Å²) in [5.74, 6) is -2.96. The minimum atomic E-state index is -4.19. The number of hydrogen-bond donors (Lipinski definition) is 4. The molecule has 0 amide bonds. The van der Waals surface area contributed by atoms with E-state index < -0.39 is 22.1 Å². The molecule has 0 aliphatic carbocycles. The number of aromatic carboxylic acids is 2. The predicted octanol–water partition coefficient (Wildman–Crippen LogP) is 1.66. The van der Waals surface area contributed by atoms with Gasteiger partial charge in [0.05, 0.1) is 22.5 Å². The monoisotopic (exact) mass is 388 g/mol. The molecular weight excluding hydrogens is 376 g/mol. The summed E-state index contributed by atoms with van der Waals surface area (Å²) in [6.45, 7) is 0. The maximum atomic E-state index is 11.8. The SMILES string of the molecule is O=C(O)c1ccccc1NC1=NS(=O)(=O)N=C1Nc1ccccc1C(=O)O. The zero-order valence-electron chi connectivity index (χ0n) is 13.4. The summed E-state index contributed by atoms with van der Waals surface area (Å²) in [4.78, 5) is 22.6. The number of para-hydroxylation sites is 2. The second-order valence-corrected chi connectivity index (χ2v) is 6.54. The van der Waals surface area contributed by atoms with Crippen molar-refractivity contribution < 1.29 is 28.2 Å². The van der Waals surface area contributed by atoms with Crippen LogP contribution in [0.5, 0.6) is 0 Å². The topological polar surface area (TPSA) is 158 Å². The first-order valence-corrected chi connectivity index (χ1v) is 8.80. The Hall–Kier alpha value is -3.73. The molecule has 0 fully saturated rings. The maximum Gasteiger partial charge on any atom is 0.367 e. The van der Waals surface area contributed by atoms with Gasteiger partial charge in [-0.15, -0.1) is 8.80 Å². The van der Waals surface area contributed by atoms with E-state index in [0.29, 0.717) is 0 Å². The van der Waals surface area contributed by atoms with Gasteiger partial charge in [0.25, 0.3) is 0 Å². The number of carboxylic acid groups (broad SMARTS) is 2. The van der Waals surface area contributed by atoms with Gasteiger partial charge in [-0.3, -0.25) is 0 Å². The van der Waals surface area contributed by atoms with E-state index in [1.807, 2.05) is 0 Å². The number of nitrogens with zero attached hydrogens (tertiary/aromatic N) is 2. The molecule has 0 aromatic heterocycles. The number of carboxylic acids is 2. The number of nitrogens with one attached hydrogen (secondary N) is 2. The van der Waals surface area contributed by atoms with Gasteiger partial charge < -0.3 is 20.8 Å². The Morgan fingerprint density at radius 2 is 1.11 bits per heavy atom. The van der Waals surface area contributed by atoms with Gasteiger partial charge in [-0.05, 0) is 24.3 Å². The predicted molar refractivity (Wildman–Crippen MR) is 97.8 cm³/mol. The fourth-order valence-corrected chi connectivity index (χ4v) is 3.08. The van der Waals surface area contributed by atoms with Crippen molar-refractivity contribution >= 4 is 45.2 Å². The Morgan fingerprint density at radius 1 is 0.741 bits per heavy atom. The van der Waals surface area contributed by atoms with Crippen LogP contribution in [0.25, 0.3) is 0 Å². The standard InChI is InChI=1S/C16H12N4O6S/c21-15(22)9-5-1-3-7-11(9)17-13-14(20-27(25,26)19-13)18-12-8-4-2-6-10(12)16(23)24/h1-8H,(H,17,19)(H,18,20)(H,21,22)(H,23,24). The number of rotatable bonds is 4. The quantitative estimate of drug-likeness (QED) is 0.616. The average molecular weight is 388 g/mol. The fourth-order valence-electron chi connectivity index (χ4n) is 2.31. The highest BCUT2D eigenvalue weighted by Crippen LogP contribution is 2.20. The van der Waals surface area contributed by atoms with Crippen molar-refractivity contribution in [2.75, 3.05) is 10.6 Å². The highest BCUT2D eigenvalue weighted by atomic mass is 32.2. The van der Waals surface area contributed by atoms with Gasteiger partial charge in [0, 0.05) is 0 Å². The van der Waals surface area contributed by atoms with Crippen LogP contribution in [0.1, 0.15) is 20.7 Å². The summed E-state index contributed by atoms with van der Waals surface area (Å²) in [6, 6.07) is 11.7. The smallest absolute Gasteiger partial charge is 0.367 e.